The third kappa shape index (κ3) is 3.45. The van der Waals surface area contributed by atoms with Crippen LogP contribution in [0, 0.1) is 0 Å². The molecular formula is C19H28N4O2S. The Morgan fingerprint density at radius 2 is 1.96 bits per heavy atom. The van der Waals surface area contributed by atoms with E-state index in [2.05, 4.69) is 34.3 Å². The van der Waals surface area contributed by atoms with E-state index in [4.69, 9.17) is 0 Å². The fraction of sp³-hybridized carbons (Fsp3) is 0.684. The molecule has 0 radical (unpaired) electrons. The number of aliphatic hydroxyl groups excluding tert-OH is 1. The van der Waals surface area contributed by atoms with Crippen LogP contribution in [0.25, 0.3) is 10.2 Å². The predicted molar refractivity (Wildman–Crippen MR) is 105 cm³/mol. The second-order valence-electron chi connectivity index (χ2n) is 7.91. The highest BCUT2D eigenvalue weighted by Crippen LogP contribution is 2.47. The van der Waals surface area contributed by atoms with E-state index in [9.17, 15) is 10.2 Å². The molecule has 1 saturated carbocycles. The molecule has 3 N–H and O–H groups in total. The van der Waals surface area contributed by atoms with E-state index in [0.717, 1.165) is 41.7 Å². The van der Waals surface area contributed by atoms with Crippen LogP contribution in [-0.4, -0.2) is 57.5 Å². The lowest BCUT2D eigenvalue weighted by Gasteiger charge is -2.33. The van der Waals surface area contributed by atoms with E-state index >= 15 is 0 Å². The fourth-order valence-electron chi connectivity index (χ4n) is 4.60. The summed E-state index contributed by atoms with van der Waals surface area (Å²) in [5, 5.41) is 23.7. The minimum atomic E-state index is -1.26. The monoisotopic (exact) mass is 376 g/mol. The van der Waals surface area contributed by atoms with Gasteiger partial charge in [0.1, 0.15) is 17.0 Å². The smallest absolute Gasteiger partial charge is 0.152 e. The van der Waals surface area contributed by atoms with E-state index in [-0.39, 0.29) is 5.92 Å². The molecule has 0 bridgehead atoms. The summed E-state index contributed by atoms with van der Waals surface area (Å²) >= 11 is 1.74. The summed E-state index contributed by atoms with van der Waals surface area (Å²) in [6.07, 6.45) is 7.48. The predicted octanol–water partition coefficient (Wildman–Crippen LogP) is 2.71. The Balaban J connectivity index is 1.58. The minimum Gasteiger partial charge on any atom is -0.368 e. The maximum Gasteiger partial charge on any atom is 0.152 e. The fourth-order valence-corrected chi connectivity index (χ4v) is 5.84. The lowest BCUT2D eigenvalue weighted by molar-refractivity contribution is -0.0496. The van der Waals surface area contributed by atoms with E-state index in [1.807, 2.05) is 0 Å². The van der Waals surface area contributed by atoms with Crippen LogP contribution >= 0.6 is 11.3 Å². The normalized spacial score (nSPS) is 26.0. The molecule has 6 nitrogen and oxygen atoms in total. The average molecular weight is 377 g/mol. The van der Waals surface area contributed by atoms with E-state index in [0.29, 0.717) is 18.5 Å². The number of thiophene rings is 1. The van der Waals surface area contributed by atoms with E-state index < -0.39 is 6.29 Å². The largest absolute Gasteiger partial charge is 0.368 e. The maximum absolute atomic E-state index is 9.46. The number of nitrogens with one attached hydrogen (secondary N) is 1. The lowest BCUT2D eigenvalue weighted by atomic mass is 9.90. The first-order valence-electron chi connectivity index (χ1n) is 9.58. The molecule has 26 heavy (non-hydrogen) atoms. The number of hydrogen-bond acceptors (Lipinski definition) is 7. The maximum atomic E-state index is 9.46. The second-order valence-corrected chi connectivity index (χ2v) is 8.99. The molecule has 2 aromatic rings. The molecule has 2 aromatic heterocycles. The number of fused-ring (bicyclic) bond motifs is 3. The molecule has 0 amide bonds. The van der Waals surface area contributed by atoms with Crippen LogP contribution in [0.15, 0.2) is 6.33 Å². The van der Waals surface area contributed by atoms with Gasteiger partial charge in [-0.05, 0) is 64.1 Å². The minimum absolute atomic E-state index is 0.190. The number of rotatable bonds is 5. The van der Waals surface area contributed by atoms with Crippen molar-refractivity contribution in [3.8, 4) is 0 Å². The van der Waals surface area contributed by atoms with Gasteiger partial charge in [-0.2, -0.15) is 0 Å². The van der Waals surface area contributed by atoms with Crippen LogP contribution in [-0.2, 0) is 6.42 Å². The van der Waals surface area contributed by atoms with Gasteiger partial charge in [-0.3, -0.25) is 0 Å². The number of aliphatic hydroxyl groups is 2. The van der Waals surface area contributed by atoms with Crippen LogP contribution < -0.4 is 5.32 Å². The summed E-state index contributed by atoms with van der Waals surface area (Å²) in [7, 11) is 4.33. The first-order chi connectivity index (χ1) is 12.5. The van der Waals surface area contributed by atoms with Crippen LogP contribution in [0.2, 0.25) is 0 Å². The summed E-state index contributed by atoms with van der Waals surface area (Å²) in [5.41, 5.74) is 1.25. The third-order valence-electron chi connectivity index (χ3n) is 5.99. The highest BCUT2D eigenvalue weighted by molar-refractivity contribution is 7.19. The molecule has 7 heteroatoms. The van der Waals surface area contributed by atoms with Gasteiger partial charge in [-0.15, -0.1) is 11.3 Å². The quantitative estimate of drug-likeness (QED) is 0.696. The van der Waals surface area contributed by atoms with Gasteiger partial charge in [0.15, 0.2) is 6.29 Å². The number of nitrogens with zero attached hydrogens (tertiary/aromatic N) is 3. The van der Waals surface area contributed by atoms with Crippen molar-refractivity contribution in [3.05, 3.63) is 16.8 Å². The second kappa shape index (κ2) is 7.38. The van der Waals surface area contributed by atoms with Crippen molar-refractivity contribution in [2.75, 3.05) is 19.4 Å². The summed E-state index contributed by atoms with van der Waals surface area (Å²) in [6, 6.07) is 1.13. The van der Waals surface area contributed by atoms with Crippen LogP contribution in [0.1, 0.15) is 54.9 Å². The molecule has 4 rings (SSSR count). The van der Waals surface area contributed by atoms with Gasteiger partial charge in [-0.25, -0.2) is 9.97 Å². The molecule has 1 fully saturated rings. The molecular weight excluding hydrogens is 348 g/mol. The zero-order valence-corrected chi connectivity index (χ0v) is 16.3. The van der Waals surface area contributed by atoms with Gasteiger partial charge in [0.2, 0.25) is 0 Å². The standard InChI is InChI=1S/C19H28N4O2S/c1-23(2)13-6-4-12(5-7-13)22-18-17-16-11(9-15(24)25)3-8-14(16)26-19(17)21-10-20-18/h10-13,15,24-25H,3-9H2,1-2H3,(H,20,21,22). The summed E-state index contributed by atoms with van der Waals surface area (Å²) < 4.78 is 0. The van der Waals surface area contributed by atoms with Gasteiger partial charge >= 0.3 is 0 Å². The zero-order valence-electron chi connectivity index (χ0n) is 15.5. The third-order valence-corrected chi connectivity index (χ3v) is 7.17. The number of anilines is 1. The molecule has 2 aliphatic rings. The number of aromatic nitrogens is 2. The molecule has 142 valence electrons. The van der Waals surface area contributed by atoms with Crippen molar-refractivity contribution < 1.29 is 10.2 Å². The first-order valence-corrected chi connectivity index (χ1v) is 10.4. The molecule has 0 saturated heterocycles. The van der Waals surface area contributed by atoms with Crippen molar-refractivity contribution >= 4 is 27.4 Å². The molecule has 1 atom stereocenters. The molecule has 0 aromatic carbocycles. The Hall–Kier alpha value is -1.28. The molecule has 2 heterocycles. The highest BCUT2D eigenvalue weighted by atomic mass is 32.1. The SMILES string of the molecule is CN(C)C1CCC(Nc2ncnc3sc4c(c23)C(CC(O)O)CC4)CC1. The Morgan fingerprint density at radius 1 is 1.19 bits per heavy atom. The molecule has 0 aliphatic heterocycles. The number of hydrogen-bond donors (Lipinski definition) is 3. The summed E-state index contributed by atoms with van der Waals surface area (Å²) in [6.45, 7) is 0. The van der Waals surface area contributed by atoms with Crippen molar-refractivity contribution in [2.24, 2.45) is 0 Å². The van der Waals surface area contributed by atoms with E-state index in [1.165, 1.54) is 23.3 Å². The highest BCUT2D eigenvalue weighted by Gasteiger charge is 2.31. The van der Waals surface area contributed by atoms with E-state index in [1.54, 1.807) is 17.7 Å². The number of aryl methyl sites for hydroxylation is 1. The average Bonchev–Trinajstić information content (AvgIpc) is 3.15. The molecule has 0 spiro atoms. The Labute approximate surface area is 158 Å². The van der Waals surface area contributed by atoms with Gasteiger partial charge in [-0.1, -0.05) is 0 Å². The first kappa shape index (κ1) is 18.1. The summed E-state index contributed by atoms with van der Waals surface area (Å²) in [4.78, 5) is 13.7. The Morgan fingerprint density at radius 3 is 2.65 bits per heavy atom. The van der Waals surface area contributed by atoms with Gasteiger partial charge in [0.25, 0.3) is 0 Å². The Bertz CT molecular complexity index is 768. The summed E-state index contributed by atoms with van der Waals surface area (Å²) in [5.74, 6) is 1.12. The van der Waals surface area contributed by atoms with Crippen molar-refractivity contribution in [2.45, 2.75) is 69.2 Å². The van der Waals surface area contributed by atoms with Gasteiger partial charge in [0, 0.05) is 23.4 Å². The molecule has 2 aliphatic carbocycles. The van der Waals surface area contributed by atoms with Crippen LogP contribution in [0.3, 0.4) is 0 Å². The van der Waals surface area contributed by atoms with Crippen molar-refractivity contribution in [3.63, 3.8) is 0 Å². The lowest BCUT2D eigenvalue weighted by Crippen LogP contribution is -2.36. The van der Waals surface area contributed by atoms with Crippen molar-refractivity contribution in [1.29, 1.82) is 0 Å². The topological polar surface area (TPSA) is 81.5 Å². The Kier molecular flexibility index (Phi) is 5.14. The van der Waals surface area contributed by atoms with Crippen molar-refractivity contribution in [1.82, 2.24) is 14.9 Å². The van der Waals surface area contributed by atoms with Crippen LogP contribution in [0.4, 0.5) is 5.82 Å². The molecule has 1 unspecified atom stereocenters. The zero-order chi connectivity index (χ0) is 18.3. The van der Waals surface area contributed by atoms with Gasteiger partial charge < -0.3 is 20.4 Å². The van der Waals surface area contributed by atoms with Gasteiger partial charge in [0.05, 0.1) is 5.39 Å². The van der Waals surface area contributed by atoms with Crippen LogP contribution in [0.5, 0.6) is 0 Å².